The Hall–Kier alpha value is -3.42. The number of benzene rings is 1. The number of fused-ring (bicyclic) bond motifs is 1. The van der Waals surface area contributed by atoms with E-state index < -0.39 is 11.5 Å². The highest BCUT2D eigenvalue weighted by Crippen LogP contribution is 2.21. The van der Waals surface area contributed by atoms with Crippen molar-refractivity contribution >= 4 is 28.7 Å². The van der Waals surface area contributed by atoms with Gasteiger partial charge in [0, 0.05) is 5.69 Å². The molecule has 146 valence electrons. The lowest BCUT2D eigenvalue weighted by Gasteiger charge is -2.09. The highest BCUT2D eigenvalue weighted by Gasteiger charge is 2.24. The maximum Gasteiger partial charge on any atom is 0.342 e. The first-order valence-corrected chi connectivity index (χ1v) is 8.84. The normalized spacial score (nSPS) is 10.9. The monoisotopic (exact) mass is 383 g/mol. The molecule has 8 heteroatoms. The molecule has 0 spiro atoms. The van der Waals surface area contributed by atoms with E-state index in [1.165, 1.54) is 6.33 Å². The molecule has 0 bridgehead atoms. The van der Waals surface area contributed by atoms with E-state index >= 15 is 0 Å². The summed E-state index contributed by atoms with van der Waals surface area (Å²) in [4.78, 5) is 41.5. The zero-order chi connectivity index (χ0) is 20.4. The Labute approximate surface area is 161 Å². The molecular formula is C20H21N3O5. The summed E-state index contributed by atoms with van der Waals surface area (Å²) < 4.78 is 11.5. The Balaban J connectivity index is 1.92. The summed E-state index contributed by atoms with van der Waals surface area (Å²) in [6.45, 7) is 7.01. The fourth-order valence-corrected chi connectivity index (χ4v) is 3.10. The van der Waals surface area contributed by atoms with Crippen LogP contribution < -0.4 is 10.9 Å². The molecule has 0 atom stereocenters. The van der Waals surface area contributed by atoms with Crippen molar-refractivity contribution in [1.29, 1.82) is 0 Å². The predicted octanol–water partition coefficient (Wildman–Crippen LogP) is 2.73. The van der Waals surface area contributed by atoms with E-state index in [-0.39, 0.29) is 41.5 Å². The number of anilines is 1. The Bertz CT molecular complexity index is 1110. The Morgan fingerprint density at radius 2 is 1.86 bits per heavy atom. The van der Waals surface area contributed by atoms with E-state index in [4.69, 9.17) is 9.15 Å². The van der Waals surface area contributed by atoms with Crippen LogP contribution >= 0.6 is 0 Å². The number of carbonyl (C=O) groups excluding carboxylic acids is 2. The van der Waals surface area contributed by atoms with E-state index in [1.54, 1.807) is 13.8 Å². The highest BCUT2D eigenvalue weighted by molar-refractivity contribution is 6.03. The number of nitrogens with one attached hydrogen (secondary N) is 1. The van der Waals surface area contributed by atoms with E-state index in [0.717, 1.165) is 15.7 Å². The minimum absolute atomic E-state index is 0.0117. The van der Waals surface area contributed by atoms with E-state index in [2.05, 4.69) is 10.3 Å². The van der Waals surface area contributed by atoms with Gasteiger partial charge in [-0.1, -0.05) is 6.07 Å². The van der Waals surface area contributed by atoms with Crippen molar-refractivity contribution in [3.05, 3.63) is 57.3 Å². The standard InChI is InChI=1S/C20H21N3O5/c1-5-27-20(26)16-13(4)28-18-17(16)19(25)23(10-21-18)9-15(24)22-14-7-11(2)6-12(3)8-14/h6-8,10H,5,9H2,1-4H3,(H,22,24). The van der Waals surface area contributed by atoms with Crippen LogP contribution in [0.25, 0.3) is 11.1 Å². The van der Waals surface area contributed by atoms with Gasteiger partial charge in [-0.15, -0.1) is 0 Å². The zero-order valence-corrected chi connectivity index (χ0v) is 16.2. The van der Waals surface area contributed by atoms with Crippen molar-refractivity contribution in [2.45, 2.75) is 34.2 Å². The fourth-order valence-electron chi connectivity index (χ4n) is 3.10. The third kappa shape index (κ3) is 3.80. The summed E-state index contributed by atoms with van der Waals surface area (Å²) in [6, 6.07) is 5.68. The van der Waals surface area contributed by atoms with Crippen molar-refractivity contribution in [2.75, 3.05) is 11.9 Å². The van der Waals surface area contributed by atoms with Crippen molar-refractivity contribution in [2.24, 2.45) is 0 Å². The molecule has 0 aliphatic carbocycles. The van der Waals surface area contributed by atoms with Crippen LogP contribution in [0, 0.1) is 20.8 Å². The molecule has 2 heterocycles. The Morgan fingerprint density at radius 1 is 1.18 bits per heavy atom. The van der Waals surface area contributed by atoms with E-state index in [1.807, 2.05) is 32.0 Å². The van der Waals surface area contributed by atoms with Gasteiger partial charge in [-0.2, -0.15) is 0 Å². The fraction of sp³-hybridized carbons (Fsp3) is 0.300. The summed E-state index contributed by atoms with van der Waals surface area (Å²) in [5, 5.41) is 2.78. The molecule has 3 rings (SSSR count). The number of esters is 1. The second-order valence-corrected chi connectivity index (χ2v) is 6.54. The summed E-state index contributed by atoms with van der Waals surface area (Å²) in [5.41, 5.74) is 2.22. The molecule has 8 nitrogen and oxygen atoms in total. The lowest BCUT2D eigenvalue weighted by molar-refractivity contribution is -0.116. The smallest absolute Gasteiger partial charge is 0.342 e. The number of aromatic nitrogens is 2. The van der Waals surface area contributed by atoms with Gasteiger partial charge in [0.1, 0.15) is 29.6 Å². The maximum atomic E-state index is 12.8. The molecule has 0 fully saturated rings. The van der Waals surface area contributed by atoms with Gasteiger partial charge in [-0.3, -0.25) is 14.2 Å². The van der Waals surface area contributed by atoms with E-state index in [9.17, 15) is 14.4 Å². The predicted molar refractivity (Wildman–Crippen MR) is 104 cm³/mol. The van der Waals surface area contributed by atoms with Crippen LogP contribution in [0.2, 0.25) is 0 Å². The quantitative estimate of drug-likeness (QED) is 0.680. The second kappa shape index (κ2) is 7.67. The molecule has 0 aliphatic heterocycles. The minimum Gasteiger partial charge on any atom is -0.462 e. The van der Waals surface area contributed by atoms with Crippen LogP contribution in [0.3, 0.4) is 0 Å². The molecule has 2 aromatic heterocycles. The molecule has 0 unspecified atom stereocenters. The van der Waals surface area contributed by atoms with Crippen molar-refractivity contribution in [3.8, 4) is 0 Å². The number of furan rings is 1. The first-order chi connectivity index (χ1) is 13.3. The molecule has 0 saturated heterocycles. The van der Waals surface area contributed by atoms with Gasteiger partial charge in [0.05, 0.1) is 6.61 Å². The lowest BCUT2D eigenvalue weighted by atomic mass is 10.1. The van der Waals surface area contributed by atoms with E-state index in [0.29, 0.717) is 5.69 Å². The number of nitrogens with zero attached hydrogens (tertiary/aromatic N) is 2. The first kappa shape index (κ1) is 19.3. The topological polar surface area (TPSA) is 103 Å². The van der Waals surface area contributed by atoms with Crippen molar-refractivity contribution in [1.82, 2.24) is 9.55 Å². The molecule has 1 N–H and O–H groups in total. The number of aryl methyl sites for hydroxylation is 3. The summed E-state index contributed by atoms with van der Waals surface area (Å²) in [7, 11) is 0. The summed E-state index contributed by atoms with van der Waals surface area (Å²) >= 11 is 0. The lowest BCUT2D eigenvalue weighted by Crippen LogP contribution is -2.28. The Morgan fingerprint density at radius 3 is 2.50 bits per heavy atom. The van der Waals surface area contributed by atoms with Gasteiger partial charge < -0.3 is 14.5 Å². The summed E-state index contributed by atoms with van der Waals surface area (Å²) in [6.07, 6.45) is 1.23. The van der Waals surface area contributed by atoms with Crippen molar-refractivity contribution < 1.29 is 18.7 Å². The van der Waals surface area contributed by atoms with Crippen LogP contribution in [-0.4, -0.2) is 28.0 Å². The molecule has 28 heavy (non-hydrogen) atoms. The van der Waals surface area contributed by atoms with Gasteiger partial charge in [0.25, 0.3) is 5.56 Å². The third-order valence-corrected chi connectivity index (χ3v) is 4.15. The zero-order valence-electron chi connectivity index (χ0n) is 16.2. The SMILES string of the molecule is CCOC(=O)c1c(C)oc2ncn(CC(=O)Nc3cc(C)cc(C)c3)c(=O)c12. The maximum absolute atomic E-state index is 12.8. The molecule has 0 saturated carbocycles. The highest BCUT2D eigenvalue weighted by atomic mass is 16.5. The van der Waals surface area contributed by atoms with Gasteiger partial charge in [0.2, 0.25) is 11.6 Å². The average molecular weight is 383 g/mol. The minimum atomic E-state index is -0.657. The molecule has 1 amide bonds. The number of rotatable bonds is 5. The average Bonchev–Trinajstić information content (AvgIpc) is 2.93. The molecule has 0 aliphatic rings. The largest absolute Gasteiger partial charge is 0.462 e. The molecule has 3 aromatic rings. The third-order valence-electron chi connectivity index (χ3n) is 4.15. The summed E-state index contributed by atoms with van der Waals surface area (Å²) in [5.74, 6) is -0.795. The number of carbonyl (C=O) groups is 2. The number of ether oxygens (including phenoxy) is 1. The number of hydrogen-bond acceptors (Lipinski definition) is 6. The van der Waals surface area contributed by atoms with Crippen LogP contribution in [0.4, 0.5) is 5.69 Å². The van der Waals surface area contributed by atoms with Crippen LogP contribution in [0.5, 0.6) is 0 Å². The number of hydrogen-bond donors (Lipinski definition) is 1. The Kier molecular flexibility index (Phi) is 5.30. The molecule has 0 radical (unpaired) electrons. The number of amides is 1. The second-order valence-electron chi connectivity index (χ2n) is 6.54. The van der Waals surface area contributed by atoms with Crippen LogP contribution in [0.15, 0.2) is 33.7 Å². The molecule has 1 aromatic carbocycles. The van der Waals surface area contributed by atoms with Crippen LogP contribution in [0.1, 0.15) is 34.2 Å². The van der Waals surface area contributed by atoms with Crippen molar-refractivity contribution in [3.63, 3.8) is 0 Å². The van der Waals surface area contributed by atoms with Gasteiger partial charge >= 0.3 is 5.97 Å². The first-order valence-electron chi connectivity index (χ1n) is 8.84. The van der Waals surface area contributed by atoms with Crippen LogP contribution in [-0.2, 0) is 16.1 Å². The molecular weight excluding hydrogens is 362 g/mol. The van der Waals surface area contributed by atoms with Gasteiger partial charge in [0.15, 0.2) is 0 Å². The van der Waals surface area contributed by atoms with Gasteiger partial charge in [-0.05, 0) is 51.0 Å². The van der Waals surface area contributed by atoms with Gasteiger partial charge in [-0.25, -0.2) is 9.78 Å².